The van der Waals surface area contributed by atoms with Crippen LogP contribution in [0.2, 0.25) is 0 Å². The number of rotatable bonds is 4. The molecule has 0 spiro atoms. The zero-order valence-electron chi connectivity index (χ0n) is 10.1. The lowest BCUT2D eigenvalue weighted by Crippen LogP contribution is -2.40. The van der Waals surface area contributed by atoms with E-state index in [9.17, 15) is 18.0 Å². The second-order valence-corrected chi connectivity index (χ2v) is 4.79. The Hall–Kier alpha value is -0.780. The standard InChI is InChI=1S/C10H19F3N2O/c1-9(2,3)14-6-5-8(16)15(4)7-10(11,12)13/h14H,5-7H2,1-4H3. The molecule has 0 saturated carbocycles. The minimum absolute atomic E-state index is 0.0733. The van der Waals surface area contributed by atoms with Gasteiger partial charge < -0.3 is 10.2 Å². The van der Waals surface area contributed by atoms with Crippen LogP contribution in [0, 0.1) is 0 Å². The molecule has 16 heavy (non-hydrogen) atoms. The van der Waals surface area contributed by atoms with E-state index in [2.05, 4.69) is 5.32 Å². The number of hydrogen-bond acceptors (Lipinski definition) is 2. The maximum Gasteiger partial charge on any atom is 0.406 e. The molecule has 0 fully saturated rings. The van der Waals surface area contributed by atoms with E-state index in [0.29, 0.717) is 11.4 Å². The van der Waals surface area contributed by atoms with Gasteiger partial charge >= 0.3 is 6.18 Å². The molecule has 0 aromatic heterocycles. The molecule has 0 heterocycles. The molecule has 0 saturated heterocycles. The van der Waals surface area contributed by atoms with Crippen molar-refractivity contribution in [2.75, 3.05) is 20.1 Å². The Bertz CT molecular complexity index is 233. The molecular formula is C10H19F3N2O. The number of halogens is 3. The van der Waals surface area contributed by atoms with Gasteiger partial charge in [0.25, 0.3) is 0 Å². The molecule has 0 aliphatic carbocycles. The van der Waals surface area contributed by atoms with Crippen molar-refractivity contribution in [1.29, 1.82) is 0 Å². The number of carbonyl (C=O) groups is 1. The number of hydrogen-bond donors (Lipinski definition) is 1. The SMILES string of the molecule is CN(CC(F)(F)F)C(=O)CCNC(C)(C)C. The number of amides is 1. The van der Waals surface area contributed by atoms with Gasteiger partial charge in [0.15, 0.2) is 0 Å². The maximum absolute atomic E-state index is 12.0. The van der Waals surface area contributed by atoms with Gasteiger partial charge in [-0.3, -0.25) is 4.79 Å². The number of alkyl halides is 3. The topological polar surface area (TPSA) is 32.3 Å². The van der Waals surface area contributed by atoms with Crippen LogP contribution in [-0.4, -0.2) is 42.7 Å². The van der Waals surface area contributed by atoms with E-state index in [1.165, 1.54) is 0 Å². The third-order valence-corrected chi connectivity index (χ3v) is 1.84. The lowest BCUT2D eigenvalue weighted by atomic mass is 10.1. The summed E-state index contributed by atoms with van der Waals surface area (Å²) < 4.78 is 35.9. The fraction of sp³-hybridized carbons (Fsp3) is 0.900. The number of nitrogens with one attached hydrogen (secondary N) is 1. The monoisotopic (exact) mass is 240 g/mol. The molecule has 0 aliphatic rings. The van der Waals surface area contributed by atoms with Crippen molar-refractivity contribution in [3.8, 4) is 0 Å². The van der Waals surface area contributed by atoms with Gasteiger partial charge in [0.2, 0.25) is 5.91 Å². The first kappa shape index (κ1) is 15.2. The molecule has 0 radical (unpaired) electrons. The van der Waals surface area contributed by atoms with Crippen LogP contribution in [0.15, 0.2) is 0 Å². The Morgan fingerprint density at radius 1 is 1.25 bits per heavy atom. The summed E-state index contributed by atoms with van der Waals surface area (Å²) in [5.41, 5.74) is -0.136. The highest BCUT2D eigenvalue weighted by atomic mass is 19.4. The summed E-state index contributed by atoms with van der Waals surface area (Å²) in [6, 6.07) is 0. The predicted octanol–water partition coefficient (Wildman–Crippen LogP) is 1.79. The van der Waals surface area contributed by atoms with Gasteiger partial charge in [0, 0.05) is 25.6 Å². The van der Waals surface area contributed by atoms with E-state index in [1.807, 2.05) is 20.8 Å². The van der Waals surface area contributed by atoms with Crippen LogP contribution in [0.25, 0.3) is 0 Å². The lowest BCUT2D eigenvalue weighted by Gasteiger charge is -2.22. The molecule has 0 aromatic carbocycles. The van der Waals surface area contributed by atoms with Crippen molar-refractivity contribution >= 4 is 5.91 Å². The second kappa shape index (κ2) is 5.52. The average Bonchev–Trinajstić information content (AvgIpc) is 1.98. The van der Waals surface area contributed by atoms with Gasteiger partial charge in [-0.25, -0.2) is 0 Å². The van der Waals surface area contributed by atoms with Crippen molar-refractivity contribution < 1.29 is 18.0 Å². The van der Waals surface area contributed by atoms with Crippen LogP contribution in [0.4, 0.5) is 13.2 Å². The molecule has 3 nitrogen and oxygen atoms in total. The first-order chi connectivity index (χ1) is 7.01. The fourth-order valence-corrected chi connectivity index (χ4v) is 1.09. The van der Waals surface area contributed by atoms with Crippen LogP contribution in [0.3, 0.4) is 0 Å². The Balaban J connectivity index is 3.90. The van der Waals surface area contributed by atoms with E-state index in [1.54, 1.807) is 0 Å². The normalized spacial score (nSPS) is 12.7. The minimum Gasteiger partial charge on any atom is -0.337 e. The molecule has 0 bridgehead atoms. The summed E-state index contributed by atoms with van der Waals surface area (Å²) in [6.07, 6.45) is -4.26. The van der Waals surface area contributed by atoms with Crippen molar-refractivity contribution in [2.24, 2.45) is 0 Å². The first-order valence-electron chi connectivity index (χ1n) is 5.07. The molecule has 0 aliphatic heterocycles. The summed E-state index contributed by atoms with van der Waals surface area (Å²) in [6.45, 7) is 4.97. The average molecular weight is 240 g/mol. The van der Waals surface area contributed by atoms with Crippen molar-refractivity contribution in [1.82, 2.24) is 10.2 Å². The maximum atomic E-state index is 12.0. The van der Waals surface area contributed by atoms with E-state index < -0.39 is 18.6 Å². The highest BCUT2D eigenvalue weighted by molar-refractivity contribution is 5.76. The van der Waals surface area contributed by atoms with Gasteiger partial charge in [-0.15, -0.1) is 0 Å². The summed E-state index contributed by atoms with van der Waals surface area (Å²) in [5.74, 6) is -0.505. The Kier molecular flexibility index (Phi) is 5.25. The number of carbonyl (C=O) groups excluding carboxylic acids is 1. The smallest absolute Gasteiger partial charge is 0.337 e. The van der Waals surface area contributed by atoms with Crippen LogP contribution >= 0.6 is 0 Å². The molecule has 1 N–H and O–H groups in total. The van der Waals surface area contributed by atoms with Gasteiger partial charge in [-0.1, -0.05) is 0 Å². The van der Waals surface area contributed by atoms with Gasteiger partial charge in [0.1, 0.15) is 6.54 Å². The van der Waals surface area contributed by atoms with Crippen molar-refractivity contribution in [3.63, 3.8) is 0 Å². The predicted molar refractivity (Wildman–Crippen MR) is 56.1 cm³/mol. The molecule has 96 valence electrons. The van der Waals surface area contributed by atoms with Gasteiger partial charge in [-0.2, -0.15) is 13.2 Å². The quantitative estimate of drug-likeness (QED) is 0.812. The van der Waals surface area contributed by atoms with E-state index in [-0.39, 0.29) is 12.0 Å². The van der Waals surface area contributed by atoms with Crippen molar-refractivity contribution in [2.45, 2.75) is 38.9 Å². The largest absolute Gasteiger partial charge is 0.406 e. The molecule has 0 aromatic rings. The van der Waals surface area contributed by atoms with Crippen LogP contribution in [0.5, 0.6) is 0 Å². The highest BCUT2D eigenvalue weighted by Gasteiger charge is 2.30. The van der Waals surface area contributed by atoms with Gasteiger partial charge in [0.05, 0.1) is 0 Å². The van der Waals surface area contributed by atoms with Crippen LogP contribution < -0.4 is 5.32 Å². The molecule has 0 rings (SSSR count). The summed E-state index contributed by atoms with van der Waals surface area (Å²) in [5, 5.41) is 3.04. The zero-order valence-corrected chi connectivity index (χ0v) is 10.1. The minimum atomic E-state index is -4.33. The third kappa shape index (κ3) is 8.52. The van der Waals surface area contributed by atoms with Crippen LogP contribution in [-0.2, 0) is 4.79 Å². The van der Waals surface area contributed by atoms with Crippen molar-refractivity contribution in [3.05, 3.63) is 0 Å². The Morgan fingerprint density at radius 3 is 2.12 bits per heavy atom. The first-order valence-corrected chi connectivity index (χ1v) is 5.07. The highest BCUT2D eigenvalue weighted by Crippen LogP contribution is 2.15. The summed E-state index contributed by atoms with van der Waals surface area (Å²) in [7, 11) is 1.16. The van der Waals surface area contributed by atoms with E-state index in [4.69, 9.17) is 0 Å². The summed E-state index contributed by atoms with van der Waals surface area (Å²) >= 11 is 0. The molecule has 1 amide bonds. The molecule has 0 unspecified atom stereocenters. The summed E-state index contributed by atoms with van der Waals surface area (Å²) in [4.78, 5) is 12.0. The molecule has 0 atom stereocenters. The zero-order chi connectivity index (χ0) is 13.0. The van der Waals surface area contributed by atoms with E-state index in [0.717, 1.165) is 7.05 Å². The Labute approximate surface area is 94.0 Å². The molecule has 6 heteroatoms. The fourth-order valence-electron chi connectivity index (χ4n) is 1.09. The number of nitrogens with zero attached hydrogens (tertiary/aromatic N) is 1. The molecular weight excluding hydrogens is 221 g/mol. The Morgan fingerprint density at radius 2 is 1.75 bits per heavy atom. The second-order valence-electron chi connectivity index (χ2n) is 4.79. The third-order valence-electron chi connectivity index (χ3n) is 1.84. The van der Waals surface area contributed by atoms with E-state index >= 15 is 0 Å². The van der Waals surface area contributed by atoms with Gasteiger partial charge in [-0.05, 0) is 20.8 Å². The lowest BCUT2D eigenvalue weighted by molar-refractivity contribution is -0.158. The van der Waals surface area contributed by atoms with Crippen LogP contribution in [0.1, 0.15) is 27.2 Å².